The van der Waals surface area contributed by atoms with Gasteiger partial charge in [-0.1, -0.05) is 0 Å². The minimum Gasteiger partial charge on any atom is -0.481 e. The fourth-order valence-corrected chi connectivity index (χ4v) is 1.63. The van der Waals surface area contributed by atoms with E-state index in [4.69, 9.17) is 5.11 Å². The lowest BCUT2D eigenvalue weighted by Gasteiger charge is -1.91. The monoisotopic (exact) mass is 209 g/mol. The summed E-state index contributed by atoms with van der Waals surface area (Å²) in [5.74, 6) is -0.858. The smallest absolute Gasteiger partial charge is 0.307 e. The van der Waals surface area contributed by atoms with E-state index in [-0.39, 0.29) is 6.42 Å². The summed E-state index contributed by atoms with van der Waals surface area (Å²) >= 11 is 1.45. The molecule has 0 spiro atoms. The van der Waals surface area contributed by atoms with E-state index >= 15 is 0 Å². The predicted molar refractivity (Wildman–Crippen MR) is 50.6 cm³/mol. The lowest BCUT2D eigenvalue weighted by Crippen LogP contribution is -1.98. The average Bonchev–Trinajstić information content (AvgIpc) is 2.69. The average molecular weight is 209 g/mol. The van der Waals surface area contributed by atoms with E-state index in [1.807, 2.05) is 5.38 Å². The first-order valence-electron chi connectivity index (χ1n) is 3.91. The molecule has 2 rings (SSSR count). The summed E-state index contributed by atoms with van der Waals surface area (Å²) in [6.45, 7) is 0. The highest BCUT2D eigenvalue weighted by molar-refractivity contribution is 7.12. The quantitative estimate of drug-likeness (QED) is 0.817. The largest absolute Gasteiger partial charge is 0.481 e. The van der Waals surface area contributed by atoms with E-state index in [2.05, 4.69) is 10.1 Å². The van der Waals surface area contributed by atoms with E-state index in [9.17, 15) is 4.79 Å². The van der Waals surface area contributed by atoms with Gasteiger partial charge >= 0.3 is 5.97 Å². The van der Waals surface area contributed by atoms with Crippen molar-refractivity contribution >= 4 is 17.3 Å². The molecular weight excluding hydrogens is 202 g/mol. The molecule has 1 N–H and O–H groups in total. The molecule has 2 aromatic heterocycles. The van der Waals surface area contributed by atoms with Crippen LogP contribution >= 0.6 is 11.3 Å². The van der Waals surface area contributed by atoms with E-state index in [0.717, 1.165) is 5.13 Å². The van der Waals surface area contributed by atoms with Crippen molar-refractivity contribution in [3.8, 4) is 5.13 Å². The van der Waals surface area contributed by atoms with Crippen LogP contribution in [0.2, 0.25) is 0 Å². The van der Waals surface area contributed by atoms with Crippen LogP contribution in [0.15, 0.2) is 24.0 Å². The van der Waals surface area contributed by atoms with Crippen LogP contribution in [0.4, 0.5) is 0 Å². The molecule has 5 nitrogen and oxygen atoms in total. The van der Waals surface area contributed by atoms with Gasteiger partial charge in [-0.15, -0.1) is 11.3 Å². The maximum absolute atomic E-state index is 10.4. The number of carboxylic acids is 1. The molecule has 0 saturated heterocycles. The van der Waals surface area contributed by atoms with Crippen molar-refractivity contribution < 1.29 is 9.90 Å². The van der Waals surface area contributed by atoms with Crippen LogP contribution in [0, 0.1) is 0 Å². The Morgan fingerprint density at radius 3 is 3.14 bits per heavy atom. The van der Waals surface area contributed by atoms with Gasteiger partial charge in [-0.2, -0.15) is 5.10 Å². The second-order valence-corrected chi connectivity index (χ2v) is 3.55. The summed E-state index contributed by atoms with van der Waals surface area (Å²) in [5, 5.41) is 15.1. The molecule has 0 bridgehead atoms. The third kappa shape index (κ3) is 1.80. The first-order chi connectivity index (χ1) is 6.75. The molecule has 0 unspecified atom stereocenters. The number of carboxylic acid groups (broad SMARTS) is 1. The van der Waals surface area contributed by atoms with Crippen molar-refractivity contribution in [3.63, 3.8) is 0 Å². The molecule has 0 fully saturated rings. The Kier molecular flexibility index (Phi) is 2.28. The minimum absolute atomic E-state index is 0.00856. The normalized spacial score (nSPS) is 10.3. The number of nitrogens with zero attached hydrogens (tertiary/aromatic N) is 3. The topological polar surface area (TPSA) is 68.0 Å². The van der Waals surface area contributed by atoms with Crippen LogP contribution in [-0.4, -0.2) is 25.8 Å². The molecule has 72 valence electrons. The third-order valence-electron chi connectivity index (χ3n) is 1.61. The molecule has 0 aliphatic rings. The Morgan fingerprint density at radius 2 is 2.50 bits per heavy atom. The van der Waals surface area contributed by atoms with Crippen molar-refractivity contribution in [3.05, 3.63) is 29.5 Å². The molecule has 6 heteroatoms. The lowest BCUT2D eigenvalue weighted by molar-refractivity contribution is -0.136. The Morgan fingerprint density at radius 1 is 1.64 bits per heavy atom. The van der Waals surface area contributed by atoms with E-state index in [1.165, 1.54) is 17.5 Å². The van der Waals surface area contributed by atoms with E-state index in [0.29, 0.717) is 5.56 Å². The highest BCUT2D eigenvalue weighted by Crippen LogP contribution is 2.10. The highest BCUT2D eigenvalue weighted by Gasteiger charge is 2.05. The van der Waals surface area contributed by atoms with Gasteiger partial charge in [0.2, 0.25) is 5.13 Å². The summed E-state index contributed by atoms with van der Waals surface area (Å²) in [6, 6.07) is 0. The van der Waals surface area contributed by atoms with Crippen molar-refractivity contribution in [2.75, 3.05) is 0 Å². The van der Waals surface area contributed by atoms with Crippen LogP contribution in [0.25, 0.3) is 5.13 Å². The van der Waals surface area contributed by atoms with Gasteiger partial charge in [-0.25, -0.2) is 9.67 Å². The van der Waals surface area contributed by atoms with Gasteiger partial charge < -0.3 is 5.11 Å². The van der Waals surface area contributed by atoms with Crippen molar-refractivity contribution in [2.45, 2.75) is 6.42 Å². The fraction of sp³-hybridized carbons (Fsp3) is 0.125. The second kappa shape index (κ2) is 3.59. The van der Waals surface area contributed by atoms with Gasteiger partial charge in [-0.3, -0.25) is 4.79 Å². The summed E-state index contributed by atoms with van der Waals surface area (Å²) in [5.41, 5.74) is 0.674. The maximum Gasteiger partial charge on any atom is 0.307 e. The number of aliphatic carboxylic acids is 1. The van der Waals surface area contributed by atoms with Crippen LogP contribution in [0.1, 0.15) is 5.56 Å². The molecule has 2 heterocycles. The summed E-state index contributed by atoms with van der Waals surface area (Å²) in [7, 11) is 0. The van der Waals surface area contributed by atoms with Crippen molar-refractivity contribution in [2.24, 2.45) is 0 Å². The maximum atomic E-state index is 10.4. The van der Waals surface area contributed by atoms with E-state index < -0.39 is 5.97 Å². The number of thiazole rings is 1. The number of aromatic nitrogens is 3. The zero-order chi connectivity index (χ0) is 9.97. The van der Waals surface area contributed by atoms with Crippen LogP contribution in [0.3, 0.4) is 0 Å². The summed E-state index contributed by atoms with van der Waals surface area (Å²) in [4.78, 5) is 14.5. The van der Waals surface area contributed by atoms with Gasteiger partial charge in [-0.05, 0) is 0 Å². The minimum atomic E-state index is -0.858. The SMILES string of the molecule is O=C(O)Cc1cnn(-c2nccs2)c1. The molecule has 0 amide bonds. The molecule has 0 aliphatic heterocycles. The Balaban J connectivity index is 2.22. The molecule has 14 heavy (non-hydrogen) atoms. The number of hydrogen-bond donors (Lipinski definition) is 1. The third-order valence-corrected chi connectivity index (χ3v) is 2.37. The molecule has 0 saturated carbocycles. The van der Waals surface area contributed by atoms with Crippen molar-refractivity contribution in [1.29, 1.82) is 0 Å². The van der Waals surface area contributed by atoms with Gasteiger partial charge in [0.1, 0.15) is 0 Å². The second-order valence-electron chi connectivity index (χ2n) is 2.68. The Bertz CT molecular complexity index is 435. The van der Waals surface area contributed by atoms with Crippen LogP contribution in [0.5, 0.6) is 0 Å². The molecule has 0 radical (unpaired) electrons. The zero-order valence-electron chi connectivity index (χ0n) is 7.12. The molecular formula is C8H7N3O2S. The molecule has 0 atom stereocenters. The van der Waals surface area contributed by atoms with Crippen molar-refractivity contribution in [1.82, 2.24) is 14.8 Å². The van der Waals surface area contributed by atoms with E-state index in [1.54, 1.807) is 17.1 Å². The van der Waals surface area contributed by atoms with Crippen LogP contribution < -0.4 is 0 Å². The standard InChI is InChI=1S/C8H7N3O2S/c12-7(13)3-6-4-10-11(5-6)8-9-1-2-14-8/h1-2,4-5H,3H2,(H,12,13). The van der Waals surface area contributed by atoms with Crippen LogP contribution in [-0.2, 0) is 11.2 Å². The molecule has 0 aliphatic carbocycles. The molecule has 2 aromatic rings. The first kappa shape index (κ1) is 8.89. The zero-order valence-corrected chi connectivity index (χ0v) is 7.94. The Hall–Kier alpha value is -1.69. The number of carbonyl (C=O) groups is 1. The van der Waals surface area contributed by atoms with Gasteiger partial charge in [0.05, 0.1) is 12.6 Å². The lowest BCUT2D eigenvalue weighted by atomic mass is 10.3. The highest BCUT2D eigenvalue weighted by atomic mass is 32.1. The number of rotatable bonds is 3. The first-order valence-corrected chi connectivity index (χ1v) is 4.79. The van der Waals surface area contributed by atoms with Gasteiger partial charge in [0, 0.05) is 23.3 Å². The summed E-state index contributed by atoms with van der Waals surface area (Å²) < 4.78 is 1.57. The number of hydrogen-bond acceptors (Lipinski definition) is 4. The summed E-state index contributed by atoms with van der Waals surface area (Å²) in [6.07, 6.45) is 4.88. The Labute approximate surface area is 83.6 Å². The van der Waals surface area contributed by atoms with Gasteiger partial charge in [0.15, 0.2) is 0 Å². The fourth-order valence-electron chi connectivity index (χ4n) is 1.06. The predicted octanol–water partition coefficient (Wildman–Crippen LogP) is 0.956. The molecule has 0 aromatic carbocycles. The van der Waals surface area contributed by atoms with Gasteiger partial charge in [0.25, 0.3) is 0 Å².